The summed E-state index contributed by atoms with van der Waals surface area (Å²) in [5.41, 5.74) is -1.22. The standard InChI is InChI=1S/C11H11F2N3O3/c12-8-3-7(10(16(18)19)4-9(8)13)11(17)15-6-1-2-14-5-6/h3-4,6,14H,1-2,5H2,(H,15,17). The lowest BCUT2D eigenvalue weighted by Gasteiger charge is -2.11. The van der Waals surface area contributed by atoms with Crippen molar-refractivity contribution in [1.29, 1.82) is 0 Å². The number of hydrogen-bond acceptors (Lipinski definition) is 4. The van der Waals surface area contributed by atoms with Gasteiger partial charge in [-0.25, -0.2) is 8.78 Å². The van der Waals surface area contributed by atoms with Crippen molar-refractivity contribution in [2.75, 3.05) is 13.1 Å². The molecule has 8 heteroatoms. The molecule has 1 aliphatic rings. The monoisotopic (exact) mass is 271 g/mol. The maximum atomic E-state index is 13.1. The normalized spacial score (nSPS) is 18.3. The number of nitrogens with one attached hydrogen (secondary N) is 2. The summed E-state index contributed by atoms with van der Waals surface area (Å²) in [7, 11) is 0. The third-order valence-corrected chi connectivity index (χ3v) is 2.88. The zero-order chi connectivity index (χ0) is 14.0. The van der Waals surface area contributed by atoms with Gasteiger partial charge in [0.25, 0.3) is 11.6 Å². The van der Waals surface area contributed by atoms with Gasteiger partial charge in [0, 0.05) is 12.6 Å². The number of benzene rings is 1. The molecule has 1 aromatic rings. The van der Waals surface area contributed by atoms with Crippen LogP contribution in [0.3, 0.4) is 0 Å². The van der Waals surface area contributed by atoms with Gasteiger partial charge in [-0.1, -0.05) is 0 Å². The molecule has 1 fully saturated rings. The minimum Gasteiger partial charge on any atom is -0.348 e. The second-order valence-corrected chi connectivity index (χ2v) is 4.20. The van der Waals surface area contributed by atoms with Crippen LogP contribution in [0, 0.1) is 21.7 Å². The lowest BCUT2D eigenvalue weighted by Crippen LogP contribution is -2.36. The highest BCUT2D eigenvalue weighted by molar-refractivity contribution is 5.98. The molecule has 102 valence electrons. The second-order valence-electron chi connectivity index (χ2n) is 4.20. The molecule has 19 heavy (non-hydrogen) atoms. The molecule has 1 aromatic carbocycles. The fraction of sp³-hybridized carbons (Fsp3) is 0.364. The maximum Gasteiger partial charge on any atom is 0.285 e. The number of nitrogens with zero attached hydrogens (tertiary/aromatic N) is 1. The summed E-state index contributed by atoms with van der Waals surface area (Å²) in [4.78, 5) is 21.7. The Morgan fingerprint density at radius 2 is 2.11 bits per heavy atom. The Morgan fingerprint density at radius 1 is 1.42 bits per heavy atom. The van der Waals surface area contributed by atoms with Crippen molar-refractivity contribution in [3.8, 4) is 0 Å². The van der Waals surface area contributed by atoms with E-state index in [-0.39, 0.29) is 6.04 Å². The number of amides is 1. The first kappa shape index (κ1) is 13.3. The molecule has 6 nitrogen and oxygen atoms in total. The SMILES string of the molecule is O=C(NC1CCNC1)c1cc(F)c(F)cc1[N+](=O)[O-]. The number of rotatable bonds is 3. The van der Waals surface area contributed by atoms with Gasteiger partial charge in [-0.3, -0.25) is 14.9 Å². The molecule has 0 aromatic heterocycles. The Kier molecular flexibility index (Phi) is 3.70. The summed E-state index contributed by atoms with van der Waals surface area (Å²) in [5, 5.41) is 16.3. The number of nitro benzene ring substituents is 1. The quantitative estimate of drug-likeness (QED) is 0.633. The summed E-state index contributed by atoms with van der Waals surface area (Å²) in [6.07, 6.45) is 0.684. The van der Waals surface area contributed by atoms with Gasteiger partial charge in [-0.2, -0.15) is 0 Å². The highest BCUT2D eigenvalue weighted by Gasteiger charge is 2.26. The van der Waals surface area contributed by atoms with Gasteiger partial charge >= 0.3 is 0 Å². The largest absolute Gasteiger partial charge is 0.348 e. The van der Waals surface area contributed by atoms with E-state index in [1.165, 1.54) is 0 Å². The molecule has 1 unspecified atom stereocenters. The Balaban J connectivity index is 2.28. The minimum absolute atomic E-state index is 0.166. The van der Waals surface area contributed by atoms with Gasteiger partial charge in [0.2, 0.25) is 0 Å². The van der Waals surface area contributed by atoms with E-state index in [1.807, 2.05) is 0 Å². The molecule has 1 heterocycles. The number of hydrogen-bond donors (Lipinski definition) is 2. The van der Waals surface area contributed by atoms with Crippen LogP contribution < -0.4 is 10.6 Å². The van der Waals surface area contributed by atoms with E-state index in [2.05, 4.69) is 10.6 Å². The van der Waals surface area contributed by atoms with E-state index in [9.17, 15) is 23.7 Å². The molecule has 0 spiro atoms. The van der Waals surface area contributed by atoms with Gasteiger partial charge in [0.15, 0.2) is 11.6 Å². The first-order valence-electron chi connectivity index (χ1n) is 5.64. The number of carbonyl (C=O) groups is 1. The van der Waals surface area contributed by atoms with Crippen LogP contribution in [0.1, 0.15) is 16.8 Å². The van der Waals surface area contributed by atoms with Crippen LogP contribution in [0.2, 0.25) is 0 Å². The number of halogens is 2. The molecular formula is C11H11F2N3O3. The van der Waals surface area contributed by atoms with Crippen molar-refractivity contribution in [2.45, 2.75) is 12.5 Å². The van der Waals surface area contributed by atoms with Crippen LogP contribution in [0.5, 0.6) is 0 Å². The minimum atomic E-state index is -1.36. The van der Waals surface area contributed by atoms with Crippen LogP contribution >= 0.6 is 0 Å². The van der Waals surface area contributed by atoms with E-state index in [1.54, 1.807) is 0 Å². The topological polar surface area (TPSA) is 84.3 Å². The Bertz CT molecular complexity index is 530. The van der Waals surface area contributed by atoms with Gasteiger partial charge in [-0.15, -0.1) is 0 Å². The van der Waals surface area contributed by atoms with Crippen LogP contribution in [-0.2, 0) is 0 Å². The molecule has 1 amide bonds. The first-order chi connectivity index (χ1) is 8.99. The third-order valence-electron chi connectivity index (χ3n) is 2.88. The Hall–Kier alpha value is -2.09. The predicted octanol–water partition coefficient (Wildman–Crippen LogP) is 0.965. The lowest BCUT2D eigenvalue weighted by atomic mass is 10.1. The van der Waals surface area contributed by atoms with Crippen molar-refractivity contribution >= 4 is 11.6 Å². The summed E-state index contributed by atoms with van der Waals surface area (Å²) in [5.74, 6) is -3.43. The van der Waals surface area contributed by atoms with Crippen LogP contribution in [0.4, 0.5) is 14.5 Å². The molecule has 0 bridgehead atoms. The highest BCUT2D eigenvalue weighted by Crippen LogP contribution is 2.22. The molecule has 1 aliphatic heterocycles. The summed E-state index contributed by atoms with van der Waals surface area (Å²) < 4.78 is 26.1. The third kappa shape index (κ3) is 2.84. The average Bonchev–Trinajstić information content (AvgIpc) is 2.84. The van der Waals surface area contributed by atoms with E-state index in [4.69, 9.17) is 0 Å². The first-order valence-corrected chi connectivity index (χ1v) is 5.64. The van der Waals surface area contributed by atoms with Crippen LogP contribution in [0.15, 0.2) is 12.1 Å². The molecule has 0 aliphatic carbocycles. The van der Waals surface area contributed by atoms with Crippen molar-refractivity contribution in [3.05, 3.63) is 39.4 Å². The maximum absolute atomic E-state index is 13.1. The van der Waals surface area contributed by atoms with Crippen LogP contribution in [0.25, 0.3) is 0 Å². The van der Waals surface area contributed by atoms with E-state index >= 15 is 0 Å². The number of carbonyl (C=O) groups excluding carboxylic acids is 1. The molecule has 0 saturated carbocycles. The van der Waals surface area contributed by atoms with Crippen molar-refractivity contribution in [2.24, 2.45) is 0 Å². The van der Waals surface area contributed by atoms with Gasteiger partial charge in [-0.05, 0) is 19.0 Å². The Morgan fingerprint density at radius 3 is 2.68 bits per heavy atom. The lowest BCUT2D eigenvalue weighted by molar-refractivity contribution is -0.385. The smallest absolute Gasteiger partial charge is 0.285 e. The summed E-state index contributed by atoms with van der Waals surface area (Å²) in [6.45, 7) is 1.27. The zero-order valence-corrected chi connectivity index (χ0v) is 9.78. The van der Waals surface area contributed by atoms with Crippen molar-refractivity contribution in [3.63, 3.8) is 0 Å². The van der Waals surface area contributed by atoms with Gasteiger partial charge in [0.05, 0.1) is 11.0 Å². The summed E-state index contributed by atoms with van der Waals surface area (Å²) >= 11 is 0. The molecule has 0 radical (unpaired) electrons. The molecule has 1 atom stereocenters. The van der Waals surface area contributed by atoms with Gasteiger partial charge < -0.3 is 10.6 Å². The highest BCUT2D eigenvalue weighted by atomic mass is 19.2. The molecule has 2 rings (SSSR count). The molecule has 2 N–H and O–H groups in total. The van der Waals surface area contributed by atoms with E-state index in [0.717, 1.165) is 6.54 Å². The fourth-order valence-corrected chi connectivity index (χ4v) is 1.91. The number of nitro groups is 1. The second kappa shape index (κ2) is 5.27. The average molecular weight is 271 g/mol. The molecular weight excluding hydrogens is 260 g/mol. The van der Waals surface area contributed by atoms with Crippen molar-refractivity contribution < 1.29 is 18.5 Å². The summed E-state index contributed by atoms with van der Waals surface area (Å²) in [6, 6.07) is 0.794. The van der Waals surface area contributed by atoms with E-state index in [0.29, 0.717) is 25.1 Å². The van der Waals surface area contributed by atoms with Crippen LogP contribution in [-0.4, -0.2) is 30.0 Å². The predicted molar refractivity (Wildman–Crippen MR) is 61.8 cm³/mol. The Labute approximate surface area is 106 Å². The zero-order valence-electron chi connectivity index (χ0n) is 9.78. The van der Waals surface area contributed by atoms with Gasteiger partial charge in [0.1, 0.15) is 5.56 Å². The van der Waals surface area contributed by atoms with Crippen molar-refractivity contribution in [1.82, 2.24) is 10.6 Å². The van der Waals surface area contributed by atoms with E-state index < -0.39 is 33.7 Å². The molecule has 1 saturated heterocycles. The fourth-order valence-electron chi connectivity index (χ4n) is 1.91.